The summed E-state index contributed by atoms with van der Waals surface area (Å²) < 4.78 is 26.2. The zero-order valence-electron chi connectivity index (χ0n) is 12.7. The van der Waals surface area contributed by atoms with Gasteiger partial charge in [-0.25, -0.2) is 13.6 Å². The van der Waals surface area contributed by atoms with Gasteiger partial charge in [0.15, 0.2) is 0 Å². The number of benzene rings is 2. The van der Waals surface area contributed by atoms with Gasteiger partial charge in [-0.15, -0.1) is 0 Å². The van der Waals surface area contributed by atoms with Crippen LogP contribution in [-0.4, -0.2) is 6.03 Å². The Balaban J connectivity index is 2.03. The van der Waals surface area contributed by atoms with Crippen LogP contribution in [0.15, 0.2) is 42.5 Å². The van der Waals surface area contributed by atoms with Crippen LogP contribution in [0.25, 0.3) is 0 Å². The van der Waals surface area contributed by atoms with Crippen molar-refractivity contribution in [1.82, 2.24) is 0 Å². The van der Waals surface area contributed by atoms with Crippen LogP contribution in [-0.2, 0) is 5.41 Å². The minimum Gasteiger partial charge on any atom is -0.308 e. The molecule has 0 spiro atoms. The number of anilines is 2. The van der Waals surface area contributed by atoms with Crippen LogP contribution >= 0.6 is 0 Å². The minimum atomic E-state index is -0.821. The number of urea groups is 1. The molecule has 0 aliphatic heterocycles. The summed E-state index contributed by atoms with van der Waals surface area (Å²) >= 11 is 0. The monoisotopic (exact) mass is 304 g/mol. The van der Waals surface area contributed by atoms with Crippen molar-refractivity contribution in [2.45, 2.75) is 26.2 Å². The lowest BCUT2D eigenvalue weighted by Gasteiger charge is -2.19. The van der Waals surface area contributed by atoms with E-state index in [1.807, 2.05) is 12.1 Å². The summed E-state index contributed by atoms with van der Waals surface area (Å²) in [5, 5.41) is 4.94. The third-order valence-corrected chi connectivity index (χ3v) is 3.19. The molecule has 116 valence electrons. The van der Waals surface area contributed by atoms with E-state index in [4.69, 9.17) is 0 Å². The predicted octanol–water partition coefficient (Wildman–Crippen LogP) is 4.91. The smallest absolute Gasteiger partial charge is 0.308 e. The number of carbonyl (C=O) groups is 1. The SMILES string of the molecule is CC(C)(C)c1ccc(NC(=O)Nc2ccc(F)cc2F)cc1. The Bertz CT molecular complexity index is 676. The van der Waals surface area contributed by atoms with E-state index < -0.39 is 17.7 Å². The summed E-state index contributed by atoms with van der Waals surface area (Å²) in [7, 11) is 0. The van der Waals surface area contributed by atoms with Gasteiger partial charge in [0.2, 0.25) is 0 Å². The number of carbonyl (C=O) groups excluding carboxylic acids is 1. The van der Waals surface area contributed by atoms with Gasteiger partial charge in [-0.2, -0.15) is 0 Å². The van der Waals surface area contributed by atoms with E-state index in [0.717, 1.165) is 11.6 Å². The number of rotatable bonds is 2. The molecule has 2 aromatic rings. The quantitative estimate of drug-likeness (QED) is 0.813. The molecule has 2 aromatic carbocycles. The van der Waals surface area contributed by atoms with Gasteiger partial charge in [0, 0.05) is 11.8 Å². The first-order valence-electron chi connectivity index (χ1n) is 6.89. The molecule has 5 heteroatoms. The average molecular weight is 304 g/mol. The summed E-state index contributed by atoms with van der Waals surface area (Å²) in [5.74, 6) is -1.51. The van der Waals surface area contributed by atoms with Crippen molar-refractivity contribution in [3.05, 3.63) is 59.7 Å². The van der Waals surface area contributed by atoms with E-state index in [9.17, 15) is 13.6 Å². The Hall–Kier alpha value is -2.43. The standard InChI is InChI=1S/C17H18F2N2O/c1-17(2,3)11-4-7-13(8-5-11)20-16(22)21-15-9-6-12(18)10-14(15)19/h4-10H,1-3H3,(H2,20,21,22). The van der Waals surface area contributed by atoms with Gasteiger partial charge >= 0.3 is 6.03 Å². The third-order valence-electron chi connectivity index (χ3n) is 3.19. The third kappa shape index (κ3) is 4.04. The topological polar surface area (TPSA) is 41.1 Å². The van der Waals surface area contributed by atoms with E-state index in [2.05, 4.69) is 31.4 Å². The highest BCUT2D eigenvalue weighted by molar-refractivity contribution is 5.99. The first kappa shape index (κ1) is 15.9. The van der Waals surface area contributed by atoms with Crippen molar-refractivity contribution in [2.24, 2.45) is 0 Å². The van der Waals surface area contributed by atoms with Crippen LogP contribution in [0.3, 0.4) is 0 Å². The first-order chi connectivity index (χ1) is 10.3. The van der Waals surface area contributed by atoms with Gasteiger partial charge < -0.3 is 10.6 Å². The summed E-state index contributed by atoms with van der Waals surface area (Å²) in [4.78, 5) is 11.8. The van der Waals surface area contributed by atoms with Crippen LogP contribution < -0.4 is 10.6 Å². The highest BCUT2D eigenvalue weighted by Gasteiger charge is 2.13. The molecule has 0 heterocycles. The van der Waals surface area contributed by atoms with Crippen molar-refractivity contribution in [3.8, 4) is 0 Å². The summed E-state index contributed by atoms with van der Waals surface area (Å²) in [6, 6.07) is 9.79. The molecule has 0 aromatic heterocycles. The maximum absolute atomic E-state index is 13.5. The van der Waals surface area contributed by atoms with Gasteiger partial charge in [0.25, 0.3) is 0 Å². The molecule has 2 rings (SSSR count). The van der Waals surface area contributed by atoms with Gasteiger partial charge in [0.05, 0.1) is 5.69 Å². The second-order valence-electron chi connectivity index (χ2n) is 6.03. The molecule has 2 N–H and O–H groups in total. The molecule has 0 bridgehead atoms. The molecule has 0 aliphatic carbocycles. The summed E-state index contributed by atoms with van der Waals surface area (Å²) in [6.45, 7) is 6.29. The molecule has 0 fully saturated rings. The van der Waals surface area contributed by atoms with Crippen molar-refractivity contribution in [1.29, 1.82) is 0 Å². The van der Waals surface area contributed by atoms with Crippen LogP contribution in [0.4, 0.5) is 25.0 Å². The molecular weight excluding hydrogens is 286 g/mol. The Labute approximate surface area is 128 Å². The molecule has 0 unspecified atom stereocenters. The molecular formula is C17H18F2N2O. The molecule has 0 aliphatic rings. The fourth-order valence-electron chi connectivity index (χ4n) is 1.93. The molecule has 0 atom stereocenters. The largest absolute Gasteiger partial charge is 0.323 e. The van der Waals surface area contributed by atoms with E-state index in [1.165, 1.54) is 6.07 Å². The molecule has 22 heavy (non-hydrogen) atoms. The van der Waals surface area contributed by atoms with Gasteiger partial charge in [-0.3, -0.25) is 0 Å². The molecule has 3 nitrogen and oxygen atoms in total. The molecule has 0 radical (unpaired) electrons. The number of hydrogen-bond acceptors (Lipinski definition) is 1. The van der Waals surface area contributed by atoms with Crippen LogP contribution in [0, 0.1) is 11.6 Å². The number of halogens is 2. The minimum absolute atomic E-state index is 0.0258. The Kier molecular flexibility index (Phi) is 4.45. The second-order valence-corrected chi connectivity index (χ2v) is 6.03. The van der Waals surface area contributed by atoms with E-state index in [0.29, 0.717) is 11.8 Å². The lowest BCUT2D eigenvalue weighted by Crippen LogP contribution is -2.20. The van der Waals surface area contributed by atoms with Gasteiger partial charge in [0.1, 0.15) is 11.6 Å². The van der Waals surface area contributed by atoms with E-state index in [1.54, 1.807) is 12.1 Å². The summed E-state index contributed by atoms with van der Waals surface area (Å²) in [6.07, 6.45) is 0. The number of hydrogen-bond donors (Lipinski definition) is 2. The fraction of sp³-hybridized carbons (Fsp3) is 0.235. The highest BCUT2D eigenvalue weighted by Crippen LogP contribution is 2.23. The van der Waals surface area contributed by atoms with Crippen LogP contribution in [0.5, 0.6) is 0 Å². The zero-order valence-corrected chi connectivity index (χ0v) is 12.7. The number of amides is 2. The Morgan fingerprint density at radius 2 is 1.59 bits per heavy atom. The van der Waals surface area contributed by atoms with Crippen molar-refractivity contribution < 1.29 is 13.6 Å². The van der Waals surface area contributed by atoms with Crippen LogP contribution in [0.1, 0.15) is 26.3 Å². The van der Waals surface area contributed by atoms with E-state index >= 15 is 0 Å². The summed E-state index contributed by atoms with van der Waals surface area (Å²) in [5.41, 5.74) is 1.68. The molecule has 2 amide bonds. The fourth-order valence-corrected chi connectivity index (χ4v) is 1.93. The van der Waals surface area contributed by atoms with E-state index in [-0.39, 0.29) is 11.1 Å². The average Bonchev–Trinajstić information content (AvgIpc) is 2.41. The highest BCUT2D eigenvalue weighted by atomic mass is 19.1. The first-order valence-corrected chi connectivity index (χ1v) is 6.89. The Morgan fingerprint density at radius 3 is 2.14 bits per heavy atom. The van der Waals surface area contributed by atoms with Gasteiger partial charge in [-0.1, -0.05) is 32.9 Å². The predicted molar refractivity (Wildman–Crippen MR) is 84.1 cm³/mol. The lowest BCUT2D eigenvalue weighted by atomic mass is 9.87. The second kappa shape index (κ2) is 6.13. The zero-order chi connectivity index (χ0) is 16.3. The lowest BCUT2D eigenvalue weighted by molar-refractivity contribution is 0.262. The Morgan fingerprint density at radius 1 is 0.955 bits per heavy atom. The maximum Gasteiger partial charge on any atom is 0.323 e. The van der Waals surface area contributed by atoms with Gasteiger partial charge in [-0.05, 0) is 35.2 Å². The molecule has 0 saturated heterocycles. The van der Waals surface area contributed by atoms with Crippen molar-refractivity contribution in [3.63, 3.8) is 0 Å². The van der Waals surface area contributed by atoms with Crippen molar-refractivity contribution in [2.75, 3.05) is 10.6 Å². The van der Waals surface area contributed by atoms with Crippen molar-refractivity contribution >= 4 is 17.4 Å². The molecule has 0 saturated carbocycles. The normalized spacial score (nSPS) is 11.1. The maximum atomic E-state index is 13.5. The van der Waals surface area contributed by atoms with Crippen LogP contribution in [0.2, 0.25) is 0 Å². The number of nitrogens with one attached hydrogen (secondary N) is 2.